The molecule has 1 saturated heterocycles. The molecule has 0 saturated carbocycles. The SMILES string of the molecule is Nc1nc(NCc2ccccc2N2CCCCC2)cc(-n2cccn2)n1. The smallest absolute Gasteiger partial charge is 0.224 e. The Morgan fingerprint density at radius 2 is 1.88 bits per heavy atom. The summed E-state index contributed by atoms with van der Waals surface area (Å²) in [5, 5.41) is 7.58. The van der Waals surface area contributed by atoms with Gasteiger partial charge in [-0.15, -0.1) is 0 Å². The van der Waals surface area contributed by atoms with E-state index < -0.39 is 0 Å². The van der Waals surface area contributed by atoms with Gasteiger partial charge in [-0.05, 0) is 37.0 Å². The van der Waals surface area contributed by atoms with Crippen LogP contribution in [-0.4, -0.2) is 32.8 Å². The molecular weight excluding hydrogens is 326 g/mol. The highest BCUT2D eigenvalue weighted by molar-refractivity contribution is 5.55. The average Bonchev–Trinajstić information content (AvgIpc) is 3.22. The van der Waals surface area contributed by atoms with E-state index >= 15 is 0 Å². The van der Waals surface area contributed by atoms with E-state index in [2.05, 4.69) is 49.5 Å². The number of piperidine rings is 1. The van der Waals surface area contributed by atoms with Crippen LogP contribution in [0.4, 0.5) is 17.5 Å². The summed E-state index contributed by atoms with van der Waals surface area (Å²) in [5.41, 5.74) is 8.43. The van der Waals surface area contributed by atoms with E-state index in [-0.39, 0.29) is 5.95 Å². The lowest BCUT2D eigenvalue weighted by molar-refractivity contribution is 0.576. The molecule has 1 aromatic carbocycles. The molecule has 0 radical (unpaired) electrons. The normalized spacial score (nSPS) is 14.4. The molecule has 3 heterocycles. The number of anilines is 3. The molecule has 26 heavy (non-hydrogen) atoms. The summed E-state index contributed by atoms with van der Waals surface area (Å²) >= 11 is 0. The zero-order valence-corrected chi connectivity index (χ0v) is 14.7. The van der Waals surface area contributed by atoms with Crippen LogP contribution in [0.25, 0.3) is 5.82 Å². The van der Waals surface area contributed by atoms with Crippen LogP contribution in [0.2, 0.25) is 0 Å². The highest BCUT2D eigenvalue weighted by atomic mass is 15.3. The predicted octanol–water partition coefficient (Wildman–Crippen LogP) is 2.85. The molecule has 134 valence electrons. The Kier molecular flexibility index (Phi) is 4.68. The first-order chi connectivity index (χ1) is 12.8. The lowest BCUT2D eigenvalue weighted by Gasteiger charge is -2.30. The molecule has 0 amide bonds. The topological polar surface area (TPSA) is 84.9 Å². The number of hydrogen-bond acceptors (Lipinski definition) is 6. The van der Waals surface area contributed by atoms with Crippen molar-refractivity contribution >= 4 is 17.5 Å². The van der Waals surface area contributed by atoms with Crippen LogP contribution in [-0.2, 0) is 6.54 Å². The van der Waals surface area contributed by atoms with Gasteiger partial charge in [0.05, 0.1) is 0 Å². The van der Waals surface area contributed by atoms with Gasteiger partial charge in [-0.3, -0.25) is 0 Å². The average molecular weight is 349 g/mol. The number of benzene rings is 1. The van der Waals surface area contributed by atoms with Crippen LogP contribution in [0.3, 0.4) is 0 Å². The minimum Gasteiger partial charge on any atom is -0.371 e. The van der Waals surface area contributed by atoms with Gasteiger partial charge in [0.15, 0.2) is 5.82 Å². The van der Waals surface area contributed by atoms with Crippen molar-refractivity contribution < 1.29 is 0 Å². The Bertz CT molecular complexity index is 854. The largest absolute Gasteiger partial charge is 0.371 e. The molecule has 3 N–H and O–H groups in total. The number of nitrogens with two attached hydrogens (primary N) is 1. The summed E-state index contributed by atoms with van der Waals surface area (Å²) in [6, 6.07) is 12.2. The van der Waals surface area contributed by atoms with Crippen LogP contribution < -0.4 is 16.0 Å². The predicted molar refractivity (Wildman–Crippen MR) is 103 cm³/mol. The van der Waals surface area contributed by atoms with E-state index in [9.17, 15) is 0 Å². The van der Waals surface area contributed by atoms with Crippen LogP contribution in [0.1, 0.15) is 24.8 Å². The molecule has 1 fully saturated rings. The van der Waals surface area contributed by atoms with Gasteiger partial charge in [0.25, 0.3) is 0 Å². The zero-order chi connectivity index (χ0) is 17.8. The standard InChI is InChI=1S/C19H23N7/c20-19-23-17(13-18(24-19)26-12-6-9-22-26)21-14-15-7-2-3-8-16(15)25-10-4-1-5-11-25/h2-3,6-9,12-13H,1,4-5,10-11,14H2,(H3,20,21,23,24). The van der Waals surface area contributed by atoms with Gasteiger partial charge in [-0.25, -0.2) is 4.68 Å². The molecule has 7 heteroatoms. The first-order valence-electron chi connectivity index (χ1n) is 9.01. The number of para-hydroxylation sites is 1. The first kappa shape index (κ1) is 16.4. The number of hydrogen-bond donors (Lipinski definition) is 2. The number of nitrogens with zero attached hydrogens (tertiary/aromatic N) is 5. The van der Waals surface area contributed by atoms with Crippen molar-refractivity contribution in [2.45, 2.75) is 25.8 Å². The third-order valence-corrected chi connectivity index (χ3v) is 4.62. The molecule has 3 aromatic rings. The summed E-state index contributed by atoms with van der Waals surface area (Å²) < 4.78 is 1.67. The van der Waals surface area contributed by atoms with Crippen LogP contribution in [0.5, 0.6) is 0 Å². The first-order valence-corrected chi connectivity index (χ1v) is 9.01. The highest BCUT2D eigenvalue weighted by Crippen LogP contribution is 2.25. The molecule has 0 unspecified atom stereocenters. The van der Waals surface area contributed by atoms with Crippen molar-refractivity contribution in [3.05, 3.63) is 54.4 Å². The van der Waals surface area contributed by atoms with Gasteiger partial charge in [0.2, 0.25) is 5.95 Å². The maximum atomic E-state index is 5.87. The molecule has 4 rings (SSSR count). The van der Waals surface area contributed by atoms with Gasteiger partial charge in [-0.1, -0.05) is 18.2 Å². The van der Waals surface area contributed by atoms with Crippen molar-refractivity contribution in [1.29, 1.82) is 0 Å². The van der Waals surface area contributed by atoms with E-state index in [1.807, 2.05) is 18.3 Å². The Balaban J connectivity index is 1.53. The van der Waals surface area contributed by atoms with Gasteiger partial charge >= 0.3 is 0 Å². The molecule has 0 bridgehead atoms. The van der Waals surface area contributed by atoms with Crippen LogP contribution in [0.15, 0.2) is 48.8 Å². The maximum Gasteiger partial charge on any atom is 0.224 e. The molecule has 0 spiro atoms. The number of rotatable bonds is 5. The second kappa shape index (κ2) is 7.43. The fourth-order valence-corrected chi connectivity index (χ4v) is 3.35. The summed E-state index contributed by atoms with van der Waals surface area (Å²) in [4.78, 5) is 11.0. The van der Waals surface area contributed by atoms with Crippen molar-refractivity contribution in [2.24, 2.45) is 0 Å². The maximum absolute atomic E-state index is 5.87. The van der Waals surface area contributed by atoms with Crippen molar-refractivity contribution in [2.75, 3.05) is 29.0 Å². The molecule has 2 aromatic heterocycles. The van der Waals surface area contributed by atoms with Crippen LogP contribution >= 0.6 is 0 Å². The van der Waals surface area contributed by atoms with Gasteiger partial charge in [0.1, 0.15) is 5.82 Å². The number of nitrogen functional groups attached to an aromatic ring is 1. The minimum atomic E-state index is 0.227. The molecule has 7 nitrogen and oxygen atoms in total. The Hall–Kier alpha value is -3.09. The number of aromatic nitrogens is 4. The molecule has 0 aliphatic carbocycles. The third-order valence-electron chi connectivity index (χ3n) is 4.62. The fourth-order valence-electron chi connectivity index (χ4n) is 3.35. The van der Waals surface area contributed by atoms with Gasteiger partial charge < -0.3 is 16.0 Å². The van der Waals surface area contributed by atoms with Gasteiger partial charge in [-0.2, -0.15) is 15.1 Å². The zero-order valence-electron chi connectivity index (χ0n) is 14.7. The lowest BCUT2D eigenvalue weighted by Crippen LogP contribution is -2.30. The van der Waals surface area contributed by atoms with E-state index in [0.717, 1.165) is 13.1 Å². The summed E-state index contributed by atoms with van der Waals surface area (Å²) in [6.45, 7) is 2.93. The summed E-state index contributed by atoms with van der Waals surface area (Å²) in [7, 11) is 0. The van der Waals surface area contributed by atoms with E-state index in [1.165, 1.54) is 30.5 Å². The quantitative estimate of drug-likeness (QED) is 0.737. The second-order valence-electron chi connectivity index (χ2n) is 6.45. The van der Waals surface area contributed by atoms with E-state index in [4.69, 9.17) is 5.73 Å². The highest BCUT2D eigenvalue weighted by Gasteiger charge is 2.14. The van der Waals surface area contributed by atoms with E-state index in [1.54, 1.807) is 10.9 Å². The van der Waals surface area contributed by atoms with Crippen molar-refractivity contribution in [3.8, 4) is 5.82 Å². The monoisotopic (exact) mass is 349 g/mol. The minimum absolute atomic E-state index is 0.227. The second-order valence-corrected chi connectivity index (χ2v) is 6.45. The lowest BCUT2D eigenvalue weighted by atomic mass is 10.1. The van der Waals surface area contributed by atoms with E-state index in [0.29, 0.717) is 18.2 Å². The van der Waals surface area contributed by atoms with Crippen molar-refractivity contribution in [3.63, 3.8) is 0 Å². The molecular formula is C19H23N7. The Morgan fingerprint density at radius 3 is 2.69 bits per heavy atom. The third kappa shape index (κ3) is 3.61. The van der Waals surface area contributed by atoms with Gasteiger partial charge in [0, 0.05) is 43.8 Å². The van der Waals surface area contributed by atoms with Crippen molar-refractivity contribution in [1.82, 2.24) is 19.7 Å². The van der Waals surface area contributed by atoms with Crippen LogP contribution in [0, 0.1) is 0 Å². The Labute approximate surface area is 152 Å². The summed E-state index contributed by atoms with van der Waals surface area (Å²) in [5.74, 6) is 1.57. The molecule has 0 atom stereocenters. The number of nitrogens with one attached hydrogen (secondary N) is 1. The molecule has 1 aliphatic rings. The Morgan fingerprint density at radius 1 is 1.04 bits per heavy atom. The fraction of sp³-hybridized carbons (Fsp3) is 0.316. The summed E-state index contributed by atoms with van der Waals surface area (Å²) in [6.07, 6.45) is 7.39. The molecule has 1 aliphatic heterocycles.